The molecule has 4 rings (SSSR count). The van der Waals surface area contributed by atoms with Crippen molar-refractivity contribution in [2.75, 3.05) is 70.5 Å². The van der Waals surface area contributed by atoms with E-state index in [9.17, 15) is 18.4 Å². The number of nitriles is 1. The van der Waals surface area contributed by atoms with E-state index in [0.29, 0.717) is 17.2 Å². The number of halogens is 3. The molecule has 0 amide bonds. The van der Waals surface area contributed by atoms with Gasteiger partial charge in [-0.1, -0.05) is 0 Å². The minimum absolute atomic E-state index is 0.319. The molecule has 11 heteroatoms. The highest BCUT2D eigenvalue weighted by molar-refractivity contribution is 5.49. The Morgan fingerprint density at radius 1 is 0.969 bits per heavy atom. The van der Waals surface area contributed by atoms with E-state index in [1.54, 1.807) is 6.07 Å². The lowest BCUT2D eigenvalue weighted by atomic mass is 10.3. The van der Waals surface area contributed by atoms with Gasteiger partial charge in [0.1, 0.15) is 17.5 Å². The molecule has 2 aromatic rings. The van der Waals surface area contributed by atoms with Crippen LogP contribution in [0.1, 0.15) is 5.69 Å². The Labute approximate surface area is 184 Å². The van der Waals surface area contributed by atoms with Crippen LogP contribution in [0.4, 0.5) is 19.0 Å². The number of aromatic nitrogens is 2. The van der Waals surface area contributed by atoms with E-state index in [0.717, 1.165) is 65.6 Å². The van der Waals surface area contributed by atoms with Gasteiger partial charge in [0, 0.05) is 58.4 Å². The lowest BCUT2D eigenvalue weighted by Gasteiger charge is -2.36. The third kappa shape index (κ3) is 5.70. The Kier molecular flexibility index (Phi) is 6.83. The third-order valence-electron chi connectivity index (χ3n) is 5.66. The summed E-state index contributed by atoms with van der Waals surface area (Å²) >= 11 is 0. The molecule has 0 radical (unpaired) electrons. The number of alkyl halides is 3. The summed E-state index contributed by atoms with van der Waals surface area (Å²) in [4.78, 5) is 6.97. The molecule has 0 aliphatic carbocycles. The van der Waals surface area contributed by atoms with E-state index < -0.39 is 6.36 Å². The molecule has 32 heavy (non-hydrogen) atoms. The molecular weight excluding hydrogens is 425 g/mol. The van der Waals surface area contributed by atoms with Gasteiger partial charge in [-0.15, -0.1) is 18.3 Å². The van der Waals surface area contributed by atoms with E-state index in [2.05, 4.69) is 30.6 Å². The molecule has 2 fully saturated rings. The highest BCUT2D eigenvalue weighted by Crippen LogP contribution is 2.25. The molecule has 0 spiro atoms. The molecule has 2 saturated heterocycles. The Morgan fingerprint density at radius 3 is 2.19 bits per heavy atom. The molecule has 0 N–H and O–H groups in total. The van der Waals surface area contributed by atoms with Crippen molar-refractivity contribution in [3.63, 3.8) is 0 Å². The zero-order valence-electron chi connectivity index (χ0n) is 17.6. The van der Waals surface area contributed by atoms with Crippen molar-refractivity contribution in [3.05, 3.63) is 36.0 Å². The minimum Gasteiger partial charge on any atom is -0.406 e. The smallest absolute Gasteiger partial charge is 0.406 e. The predicted molar refractivity (Wildman–Crippen MR) is 111 cm³/mol. The molecule has 1 aromatic heterocycles. The van der Waals surface area contributed by atoms with Gasteiger partial charge in [-0.25, -0.2) is 4.68 Å². The van der Waals surface area contributed by atoms with Crippen LogP contribution in [-0.2, 0) is 4.74 Å². The molecule has 0 bridgehead atoms. The van der Waals surface area contributed by atoms with E-state index in [1.807, 2.05) is 0 Å². The maximum absolute atomic E-state index is 12.4. The van der Waals surface area contributed by atoms with Crippen molar-refractivity contribution < 1.29 is 22.6 Å². The van der Waals surface area contributed by atoms with Crippen molar-refractivity contribution in [1.82, 2.24) is 19.6 Å². The zero-order chi connectivity index (χ0) is 22.6. The van der Waals surface area contributed by atoms with Crippen LogP contribution >= 0.6 is 0 Å². The van der Waals surface area contributed by atoms with Gasteiger partial charge in [0.15, 0.2) is 5.82 Å². The van der Waals surface area contributed by atoms with Crippen molar-refractivity contribution in [2.45, 2.75) is 6.36 Å². The average molecular weight is 450 g/mol. The number of anilines is 1. The first-order valence-electron chi connectivity index (χ1n) is 10.5. The number of benzene rings is 1. The first kappa shape index (κ1) is 22.4. The van der Waals surface area contributed by atoms with E-state index in [4.69, 9.17) is 4.74 Å². The van der Waals surface area contributed by atoms with Gasteiger partial charge in [-0.2, -0.15) is 5.26 Å². The van der Waals surface area contributed by atoms with Gasteiger partial charge in [-0.3, -0.25) is 9.80 Å². The summed E-state index contributed by atoms with van der Waals surface area (Å²) < 4.78 is 47.8. The second-order valence-electron chi connectivity index (χ2n) is 7.74. The Bertz CT molecular complexity index is 926. The number of rotatable bonds is 6. The number of ether oxygens (including phenoxy) is 2. The average Bonchev–Trinajstić information content (AvgIpc) is 3.23. The van der Waals surface area contributed by atoms with Crippen molar-refractivity contribution in [1.29, 1.82) is 5.26 Å². The Morgan fingerprint density at radius 2 is 1.59 bits per heavy atom. The van der Waals surface area contributed by atoms with Gasteiger partial charge in [-0.05, 0) is 24.3 Å². The molecule has 172 valence electrons. The molecule has 2 aliphatic rings. The maximum atomic E-state index is 12.4. The highest BCUT2D eigenvalue weighted by Gasteiger charge is 2.31. The summed E-state index contributed by atoms with van der Waals surface area (Å²) in [6.45, 7) is 9.02. The molecule has 2 aliphatic heterocycles. The summed E-state index contributed by atoms with van der Waals surface area (Å²) in [5, 5.41) is 14.1. The summed E-state index contributed by atoms with van der Waals surface area (Å²) in [5.74, 6) is 0.366. The largest absolute Gasteiger partial charge is 0.573 e. The SMILES string of the molecule is N#Cc1cc(N2CCN(CCN3CCOCC3)CC2)nn1-c1ccc(OC(F)(F)F)cc1. The van der Waals surface area contributed by atoms with Crippen LogP contribution in [0.15, 0.2) is 30.3 Å². The van der Waals surface area contributed by atoms with Crippen LogP contribution in [0.5, 0.6) is 5.75 Å². The maximum Gasteiger partial charge on any atom is 0.573 e. The third-order valence-corrected chi connectivity index (χ3v) is 5.66. The van der Waals surface area contributed by atoms with Crippen LogP contribution in [0.25, 0.3) is 5.69 Å². The first-order chi connectivity index (χ1) is 15.4. The van der Waals surface area contributed by atoms with Gasteiger partial charge >= 0.3 is 6.36 Å². The van der Waals surface area contributed by atoms with Crippen LogP contribution < -0.4 is 9.64 Å². The van der Waals surface area contributed by atoms with Crippen LogP contribution in [-0.4, -0.2) is 91.5 Å². The standard InChI is InChI=1S/C21H25F3N6O2/c22-21(23,24)32-19-3-1-17(2-4-19)30-18(16-25)15-20(26-30)29-9-7-27(8-10-29)5-6-28-11-13-31-14-12-28/h1-4,15H,5-14H2. The molecule has 0 unspecified atom stereocenters. The molecular formula is C21H25F3N6O2. The highest BCUT2D eigenvalue weighted by atomic mass is 19.4. The van der Waals surface area contributed by atoms with E-state index >= 15 is 0 Å². The zero-order valence-corrected chi connectivity index (χ0v) is 17.6. The van der Waals surface area contributed by atoms with Gasteiger partial charge in [0.25, 0.3) is 0 Å². The number of hydrogen-bond acceptors (Lipinski definition) is 7. The van der Waals surface area contributed by atoms with Gasteiger partial charge in [0.05, 0.1) is 18.9 Å². The first-order valence-corrected chi connectivity index (χ1v) is 10.5. The normalized spacial score (nSPS) is 18.5. The molecule has 3 heterocycles. The second-order valence-corrected chi connectivity index (χ2v) is 7.74. The topological polar surface area (TPSA) is 69.8 Å². The molecule has 8 nitrogen and oxygen atoms in total. The Balaban J connectivity index is 1.36. The number of hydrogen-bond donors (Lipinski definition) is 0. The van der Waals surface area contributed by atoms with Crippen molar-refractivity contribution >= 4 is 5.82 Å². The van der Waals surface area contributed by atoms with Gasteiger partial charge < -0.3 is 14.4 Å². The molecule has 0 atom stereocenters. The summed E-state index contributed by atoms with van der Waals surface area (Å²) in [7, 11) is 0. The van der Waals surface area contributed by atoms with Gasteiger partial charge in [0.2, 0.25) is 0 Å². The summed E-state index contributed by atoms with van der Waals surface area (Å²) in [6, 6.07) is 9.13. The van der Waals surface area contributed by atoms with E-state index in [-0.39, 0.29) is 5.75 Å². The lowest BCUT2D eigenvalue weighted by molar-refractivity contribution is -0.274. The number of piperazine rings is 1. The minimum atomic E-state index is -4.75. The van der Waals surface area contributed by atoms with Crippen molar-refractivity contribution in [2.24, 2.45) is 0 Å². The molecule has 0 saturated carbocycles. The van der Waals surface area contributed by atoms with Crippen LogP contribution in [0.3, 0.4) is 0 Å². The second kappa shape index (κ2) is 9.77. The fourth-order valence-corrected chi connectivity index (χ4v) is 3.90. The fourth-order valence-electron chi connectivity index (χ4n) is 3.90. The summed E-state index contributed by atoms with van der Waals surface area (Å²) in [5.41, 5.74) is 0.811. The number of morpholine rings is 1. The lowest BCUT2D eigenvalue weighted by Crippen LogP contribution is -2.49. The predicted octanol–water partition coefficient (Wildman–Crippen LogP) is 2.10. The fraction of sp³-hybridized carbons (Fsp3) is 0.524. The molecule has 1 aromatic carbocycles. The number of nitrogens with zero attached hydrogens (tertiary/aromatic N) is 6. The van der Waals surface area contributed by atoms with Crippen LogP contribution in [0, 0.1) is 11.3 Å². The quantitative estimate of drug-likeness (QED) is 0.668. The monoisotopic (exact) mass is 450 g/mol. The Hall–Kier alpha value is -2.81. The van der Waals surface area contributed by atoms with Crippen LogP contribution in [0.2, 0.25) is 0 Å². The summed E-state index contributed by atoms with van der Waals surface area (Å²) in [6.07, 6.45) is -4.75. The van der Waals surface area contributed by atoms with Crippen molar-refractivity contribution in [3.8, 4) is 17.5 Å². The van der Waals surface area contributed by atoms with E-state index in [1.165, 1.54) is 28.9 Å².